The first kappa shape index (κ1) is 40.1. The van der Waals surface area contributed by atoms with Gasteiger partial charge in [-0.3, -0.25) is 9.59 Å². The predicted molar refractivity (Wildman–Crippen MR) is 209 cm³/mol. The molecule has 1 saturated heterocycles. The Balaban J connectivity index is 1.30. The molecule has 0 N–H and O–H groups in total. The highest BCUT2D eigenvalue weighted by Gasteiger charge is 2.77. The van der Waals surface area contributed by atoms with Crippen LogP contribution in [0, 0.1) is 0 Å². The number of Topliss-reactive ketones (excluding diaryl/α,β-unsaturated/α-hetero) is 2. The third-order valence-electron chi connectivity index (χ3n) is 10.3. The SMILES string of the molecule is CC(C)=CCC/C(C)=C/CC/C(C)=C/CC/C(C)=C/CC/C(C)=C/CC/C(C)=C/CC/C(C)=C/C[C@]12O[C@]1(C)C(=O)c1ccccc1C2=O. The Morgan fingerprint density at radius 1 is 0.510 bits per heavy atom. The molecule has 2 atom stereocenters. The van der Waals surface area contributed by atoms with Gasteiger partial charge in [-0.2, -0.15) is 0 Å². The van der Waals surface area contributed by atoms with Crippen LogP contribution in [0.5, 0.6) is 0 Å². The van der Waals surface area contributed by atoms with Crippen LogP contribution in [0.25, 0.3) is 0 Å². The zero-order chi connectivity index (χ0) is 36.0. The summed E-state index contributed by atoms with van der Waals surface area (Å²) in [7, 11) is 0. The molecule has 0 aromatic heterocycles. The van der Waals surface area contributed by atoms with E-state index in [4.69, 9.17) is 4.74 Å². The molecule has 1 aliphatic heterocycles. The van der Waals surface area contributed by atoms with Gasteiger partial charge in [-0.25, -0.2) is 0 Å². The minimum absolute atomic E-state index is 0.0616. The highest BCUT2D eigenvalue weighted by molar-refractivity contribution is 6.25. The smallest absolute Gasteiger partial charge is 0.199 e. The van der Waals surface area contributed by atoms with Gasteiger partial charge in [-0.05, 0) is 139 Å². The predicted octanol–water partition coefficient (Wildman–Crippen LogP) is 13.3. The lowest BCUT2D eigenvalue weighted by Gasteiger charge is -2.22. The van der Waals surface area contributed by atoms with Gasteiger partial charge < -0.3 is 4.74 Å². The molecule has 3 rings (SSSR count). The zero-order valence-electron chi connectivity index (χ0n) is 32.3. The second kappa shape index (κ2) is 19.2. The molecule has 0 saturated carbocycles. The van der Waals surface area contributed by atoms with Crippen molar-refractivity contribution in [3.05, 3.63) is 117 Å². The van der Waals surface area contributed by atoms with E-state index in [9.17, 15) is 9.59 Å². The van der Waals surface area contributed by atoms with Crippen LogP contribution in [0.2, 0.25) is 0 Å². The molecular weight excluding hydrogens is 601 g/mol. The summed E-state index contributed by atoms with van der Waals surface area (Å²) in [6.45, 7) is 19.5. The molecule has 3 nitrogen and oxygen atoms in total. The highest BCUT2D eigenvalue weighted by Crippen LogP contribution is 2.57. The molecule has 1 aromatic rings. The van der Waals surface area contributed by atoms with Gasteiger partial charge in [-0.15, -0.1) is 0 Å². The number of allylic oxidation sites excluding steroid dienone is 13. The Morgan fingerprint density at radius 2 is 0.837 bits per heavy atom. The van der Waals surface area contributed by atoms with Gasteiger partial charge in [-0.1, -0.05) is 106 Å². The Labute approximate surface area is 299 Å². The fourth-order valence-corrected chi connectivity index (χ4v) is 6.75. The molecule has 1 aliphatic carbocycles. The number of rotatable bonds is 20. The first-order valence-electron chi connectivity index (χ1n) is 18.7. The number of ketones is 2. The van der Waals surface area contributed by atoms with Crippen molar-refractivity contribution in [2.45, 2.75) is 157 Å². The van der Waals surface area contributed by atoms with E-state index in [1.54, 1.807) is 25.1 Å². The van der Waals surface area contributed by atoms with E-state index < -0.39 is 11.2 Å². The second-order valence-corrected chi connectivity index (χ2v) is 15.2. The van der Waals surface area contributed by atoms with Crippen LogP contribution >= 0.6 is 0 Å². The van der Waals surface area contributed by atoms with Gasteiger partial charge in [0.05, 0.1) is 0 Å². The Bertz CT molecular complexity index is 1530. The molecule has 0 amide bonds. The third-order valence-corrected chi connectivity index (χ3v) is 10.3. The van der Waals surface area contributed by atoms with Crippen molar-refractivity contribution < 1.29 is 14.3 Å². The van der Waals surface area contributed by atoms with Crippen LogP contribution in [-0.2, 0) is 4.74 Å². The fraction of sp³-hybridized carbons (Fsp3) is 0.522. The molecule has 1 fully saturated rings. The van der Waals surface area contributed by atoms with Gasteiger partial charge in [0.15, 0.2) is 22.8 Å². The summed E-state index contributed by atoms with van der Waals surface area (Å²) >= 11 is 0. The van der Waals surface area contributed by atoms with Gasteiger partial charge in [0.25, 0.3) is 0 Å². The normalized spacial score (nSPS) is 21.9. The summed E-state index contributed by atoms with van der Waals surface area (Å²) in [6.07, 6.45) is 30.2. The number of carbonyl (C=O) groups is 2. The molecule has 1 aromatic carbocycles. The largest absolute Gasteiger partial charge is 0.345 e. The number of ether oxygens (including phenoxy) is 1. The van der Waals surface area contributed by atoms with Crippen molar-refractivity contribution in [2.75, 3.05) is 0 Å². The Hall–Kier alpha value is -3.30. The van der Waals surface area contributed by atoms with Gasteiger partial charge >= 0.3 is 0 Å². The summed E-state index contributed by atoms with van der Waals surface area (Å²) in [6, 6.07) is 7.09. The van der Waals surface area contributed by atoms with Crippen molar-refractivity contribution in [3.8, 4) is 0 Å². The standard InChI is InChI=1S/C46H64O3/c1-34(2)18-12-19-35(3)20-13-21-36(4)22-14-23-37(5)24-15-25-38(6)26-16-27-39(7)28-17-29-40(8)32-33-46-44(48)42-31-11-10-30-41(42)43(47)45(46,9)49-46/h10-11,18,20,22,24,26,28,30-32H,12-17,19,21,23,25,27,29,33H2,1-9H3/b35-20+,36-22+,37-24+,38-26+,39-28+,40-32+/t45-,46-/m1/s1. The van der Waals surface area contributed by atoms with Crippen LogP contribution in [-0.4, -0.2) is 22.8 Å². The molecule has 49 heavy (non-hydrogen) atoms. The lowest BCUT2D eigenvalue weighted by Crippen LogP contribution is -2.43. The van der Waals surface area contributed by atoms with Gasteiger partial charge in [0.1, 0.15) is 0 Å². The molecular formula is C46H64O3. The van der Waals surface area contributed by atoms with Gasteiger partial charge in [0.2, 0.25) is 0 Å². The van der Waals surface area contributed by atoms with E-state index in [1.807, 2.05) is 6.07 Å². The molecule has 1 heterocycles. The number of fused-ring (bicyclic) bond motifs is 2. The van der Waals surface area contributed by atoms with E-state index in [0.717, 1.165) is 70.6 Å². The summed E-state index contributed by atoms with van der Waals surface area (Å²) in [5.41, 5.74) is 8.95. The first-order valence-corrected chi connectivity index (χ1v) is 18.7. The van der Waals surface area contributed by atoms with Crippen molar-refractivity contribution in [1.29, 1.82) is 0 Å². The number of carbonyl (C=O) groups excluding carboxylic acids is 2. The maximum Gasteiger partial charge on any atom is 0.199 e. The number of epoxide rings is 1. The van der Waals surface area contributed by atoms with Crippen LogP contribution in [0.3, 0.4) is 0 Å². The van der Waals surface area contributed by atoms with Crippen LogP contribution in [0.4, 0.5) is 0 Å². The van der Waals surface area contributed by atoms with Crippen LogP contribution in [0.1, 0.15) is 167 Å². The van der Waals surface area contributed by atoms with Crippen molar-refractivity contribution in [1.82, 2.24) is 0 Å². The molecule has 266 valence electrons. The third kappa shape index (κ3) is 11.9. The number of hydrogen-bond donors (Lipinski definition) is 0. The second-order valence-electron chi connectivity index (χ2n) is 15.2. The van der Waals surface area contributed by atoms with E-state index in [2.05, 4.69) is 97.9 Å². The van der Waals surface area contributed by atoms with Crippen LogP contribution < -0.4 is 0 Å². The highest BCUT2D eigenvalue weighted by atomic mass is 16.6. The van der Waals surface area contributed by atoms with Crippen molar-refractivity contribution >= 4 is 11.6 Å². The summed E-state index contributed by atoms with van der Waals surface area (Å²) in [4.78, 5) is 26.3. The lowest BCUT2D eigenvalue weighted by molar-refractivity contribution is 0.0847. The molecule has 3 heteroatoms. The molecule has 0 spiro atoms. The minimum Gasteiger partial charge on any atom is -0.345 e. The quantitative estimate of drug-likeness (QED) is 0.103. The minimum atomic E-state index is -1.04. The summed E-state index contributed by atoms with van der Waals surface area (Å²) in [5, 5.41) is 0. The molecule has 0 unspecified atom stereocenters. The maximum atomic E-state index is 13.3. The molecule has 0 bridgehead atoms. The Kier molecular flexibility index (Phi) is 15.7. The molecule has 2 aliphatic rings. The average Bonchev–Trinajstić information content (AvgIpc) is 3.69. The van der Waals surface area contributed by atoms with Crippen molar-refractivity contribution in [3.63, 3.8) is 0 Å². The average molecular weight is 665 g/mol. The van der Waals surface area contributed by atoms with E-state index in [0.29, 0.717) is 17.5 Å². The zero-order valence-corrected chi connectivity index (χ0v) is 32.3. The van der Waals surface area contributed by atoms with E-state index >= 15 is 0 Å². The summed E-state index contributed by atoms with van der Waals surface area (Å²) < 4.78 is 5.94. The first-order chi connectivity index (χ1) is 23.3. The maximum absolute atomic E-state index is 13.3. The topological polar surface area (TPSA) is 46.7 Å². The lowest BCUT2D eigenvalue weighted by atomic mass is 9.73. The Morgan fingerprint density at radius 3 is 1.20 bits per heavy atom. The van der Waals surface area contributed by atoms with E-state index in [-0.39, 0.29) is 11.6 Å². The molecule has 0 radical (unpaired) electrons. The summed E-state index contributed by atoms with van der Waals surface area (Å²) in [5.74, 6) is -0.138. The van der Waals surface area contributed by atoms with Crippen molar-refractivity contribution in [2.24, 2.45) is 0 Å². The monoisotopic (exact) mass is 664 g/mol. The van der Waals surface area contributed by atoms with Crippen LogP contribution in [0.15, 0.2) is 106 Å². The van der Waals surface area contributed by atoms with Gasteiger partial charge in [0, 0.05) is 17.5 Å². The fourth-order valence-electron chi connectivity index (χ4n) is 6.75. The van der Waals surface area contributed by atoms with E-state index in [1.165, 1.54) is 45.4 Å². The number of benzene rings is 1. The number of hydrogen-bond acceptors (Lipinski definition) is 3.